The molecule has 0 aliphatic heterocycles. The lowest BCUT2D eigenvalue weighted by molar-refractivity contribution is 0.0621. The van der Waals surface area contributed by atoms with Crippen molar-refractivity contribution in [3.63, 3.8) is 0 Å². The number of carbonyl (C=O) groups is 1. The normalized spacial score (nSPS) is 17.6. The molecule has 1 aliphatic rings. The van der Waals surface area contributed by atoms with Crippen LogP contribution in [0.4, 0.5) is 0 Å². The Labute approximate surface area is 144 Å². The van der Waals surface area contributed by atoms with Crippen molar-refractivity contribution in [3.05, 3.63) is 34.2 Å². The Morgan fingerprint density at radius 2 is 2.00 bits per heavy atom. The number of aryl methyl sites for hydroxylation is 1. The molecule has 1 aromatic heterocycles. The summed E-state index contributed by atoms with van der Waals surface area (Å²) in [6, 6.07) is 3.09. The zero-order valence-corrected chi connectivity index (χ0v) is 15.3. The fourth-order valence-electron chi connectivity index (χ4n) is 3.02. The van der Waals surface area contributed by atoms with Gasteiger partial charge in [0.05, 0.1) is 0 Å². The molecule has 1 atom stereocenters. The Kier molecular flexibility index (Phi) is 7.78. The molecule has 1 unspecified atom stereocenters. The van der Waals surface area contributed by atoms with Crippen LogP contribution in [0.25, 0.3) is 0 Å². The Morgan fingerprint density at radius 3 is 2.46 bits per heavy atom. The molecule has 1 aromatic rings. The highest BCUT2D eigenvalue weighted by molar-refractivity contribution is 5.86. The number of aromatic nitrogens is 1. The number of rotatable bonds is 6. The summed E-state index contributed by atoms with van der Waals surface area (Å²) in [5.41, 5.74) is 0.123. The summed E-state index contributed by atoms with van der Waals surface area (Å²) in [5.74, 6) is 5.28. The second kappa shape index (κ2) is 9.32. The first-order valence-corrected chi connectivity index (χ1v) is 8.62. The maximum atomic E-state index is 11.9. The lowest BCUT2D eigenvalue weighted by Crippen LogP contribution is -2.34. The molecule has 24 heavy (non-hydrogen) atoms. The average Bonchev–Trinajstić information content (AvgIpc) is 2.55. The summed E-state index contributed by atoms with van der Waals surface area (Å²) in [7, 11) is 0. The predicted octanol–water partition coefficient (Wildman–Crippen LogP) is 3.35. The van der Waals surface area contributed by atoms with E-state index in [1.54, 1.807) is 16.8 Å². The quantitative estimate of drug-likeness (QED) is 0.455. The summed E-state index contributed by atoms with van der Waals surface area (Å²) < 4.78 is 1.55. The minimum absolute atomic E-state index is 0.0346. The Balaban J connectivity index is 0.000000648. The molecule has 0 radical (unpaired) electrons. The summed E-state index contributed by atoms with van der Waals surface area (Å²) in [5, 5.41) is 7.05. The number of hydrogen-bond acceptors (Lipinski definition) is 2. The summed E-state index contributed by atoms with van der Waals surface area (Å²) >= 11 is 0. The zero-order valence-electron chi connectivity index (χ0n) is 15.3. The van der Waals surface area contributed by atoms with Crippen LogP contribution in [0.3, 0.4) is 0 Å². The van der Waals surface area contributed by atoms with Crippen molar-refractivity contribution in [1.82, 2.24) is 4.57 Å². The molecule has 0 amide bonds. The van der Waals surface area contributed by atoms with E-state index in [9.17, 15) is 9.59 Å². The van der Waals surface area contributed by atoms with Crippen LogP contribution in [0.15, 0.2) is 23.1 Å². The van der Waals surface area contributed by atoms with Gasteiger partial charge in [0.25, 0.3) is 5.56 Å². The van der Waals surface area contributed by atoms with Gasteiger partial charge in [-0.1, -0.05) is 20.3 Å². The van der Waals surface area contributed by atoms with Gasteiger partial charge in [-0.05, 0) is 63.0 Å². The SMILES string of the molecule is CC#CC.CC1(C)CCC1CCCCn1cccc(C(=O)[OH2+])c1=O. The maximum absolute atomic E-state index is 11.9. The van der Waals surface area contributed by atoms with Crippen LogP contribution in [-0.4, -0.2) is 15.6 Å². The highest BCUT2D eigenvalue weighted by atomic mass is 16.4. The van der Waals surface area contributed by atoms with Crippen LogP contribution in [0, 0.1) is 23.2 Å². The van der Waals surface area contributed by atoms with Crippen molar-refractivity contribution in [2.24, 2.45) is 11.3 Å². The van der Waals surface area contributed by atoms with Crippen LogP contribution in [0.2, 0.25) is 0 Å². The van der Waals surface area contributed by atoms with E-state index in [1.807, 2.05) is 13.8 Å². The Hall–Kier alpha value is -2.02. The molecule has 2 rings (SSSR count). The third-order valence-electron chi connectivity index (χ3n) is 4.96. The van der Waals surface area contributed by atoms with Crippen molar-refractivity contribution in [2.75, 3.05) is 0 Å². The van der Waals surface area contributed by atoms with E-state index in [2.05, 4.69) is 25.7 Å². The minimum atomic E-state index is -0.902. The lowest BCUT2D eigenvalue weighted by Gasteiger charge is -2.45. The predicted molar refractivity (Wildman–Crippen MR) is 98.1 cm³/mol. The van der Waals surface area contributed by atoms with E-state index in [0.717, 1.165) is 18.8 Å². The smallest absolute Gasteiger partial charge is 0.554 e. The van der Waals surface area contributed by atoms with Gasteiger partial charge in [0.15, 0.2) is 5.56 Å². The van der Waals surface area contributed by atoms with Gasteiger partial charge in [0.2, 0.25) is 0 Å². The van der Waals surface area contributed by atoms with Crippen LogP contribution < -0.4 is 5.56 Å². The summed E-state index contributed by atoms with van der Waals surface area (Å²) in [6.07, 6.45) is 7.63. The van der Waals surface area contributed by atoms with Gasteiger partial charge in [0.1, 0.15) is 0 Å². The lowest BCUT2D eigenvalue weighted by atomic mass is 9.61. The molecular formula is C20H30NO3+. The van der Waals surface area contributed by atoms with Gasteiger partial charge in [0, 0.05) is 17.5 Å². The molecule has 0 saturated heterocycles. The maximum Gasteiger partial charge on any atom is 0.554 e. The second-order valence-electron chi connectivity index (χ2n) is 6.97. The van der Waals surface area contributed by atoms with Gasteiger partial charge >= 0.3 is 5.97 Å². The van der Waals surface area contributed by atoms with Crippen LogP contribution in [0.5, 0.6) is 0 Å². The third kappa shape index (κ3) is 5.56. The van der Waals surface area contributed by atoms with E-state index in [4.69, 9.17) is 5.11 Å². The fourth-order valence-corrected chi connectivity index (χ4v) is 3.02. The van der Waals surface area contributed by atoms with Crippen molar-refractivity contribution in [3.8, 4) is 11.8 Å². The van der Waals surface area contributed by atoms with Crippen molar-refractivity contribution in [2.45, 2.75) is 66.3 Å². The van der Waals surface area contributed by atoms with Gasteiger partial charge in [-0.2, -0.15) is 0 Å². The second-order valence-corrected chi connectivity index (χ2v) is 6.97. The molecule has 0 spiro atoms. The van der Waals surface area contributed by atoms with E-state index in [0.29, 0.717) is 12.0 Å². The van der Waals surface area contributed by atoms with E-state index in [1.165, 1.54) is 25.3 Å². The molecular weight excluding hydrogens is 302 g/mol. The summed E-state index contributed by atoms with van der Waals surface area (Å²) in [4.78, 5) is 22.9. The van der Waals surface area contributed by atoms with E-state index < -0.39 is 5.97 Å². The van der Waals surface area contributed by atoms with Gasteiger partial charge in [-0.3, -0.25) is 4.79 Å². The number of nitrogens with zero attached hydrogens (tertiary/aromatic N) is 1. The van der Waals surface area contributed by atoms with Crippen molar-refractivity contribution < 1.29 is 9.90 Å². The number of pyridine rings is 1. The molecule has 1 saturated carbocycles. The zero-order chi connectivity index (χ0) is 18.2. The molecule has 1 fully saturated rings. The fraction of sp³-hybridized carbons (Fsp3) is 0.600. The van der Waals surface area contributed by atoms with Crippen molar-refractivity contribution in [1.29, 1.82) is 0 Å². The first kappa shape index (κ1) is 20.0. The highest BCUT2D eigenvalue weighted by Gasteiger charge is 2.37. The molecule has 4 heteroatoms. The van der Waals surface area contributed by atoms with Gasteiger partial charge in [-0.15, -0.1) is 11.8 Å². The van der Waals surface area contributed by atoms with E-state index in [-0.39, 0.29) is 11.1 Å². The molecule has 0 aromatic carbocycles. The molecule has 2 N–H and O–H groups in total. The molecule has 1 aliphatic carbocycles. The highest BCUT2D eigenvalue weighted by Crippen LogP contribution is 2.48. The van der Waals surface area contributed by atoms with Gasteiger partial charge in [-0.25, -0.2) is 0 Å². The first-order valence-electron chi connectivity index (χ1n) is 8.62. The molecule has 0 bridgehead atoms. The van der Waals surface area contributed by atoms with Crippen LogP contribution >= 0.6 is 0 Å². The van der Waals surface area contributed by atoms with Crippen LogP contribution in [-0.2, 0) is 6.54 Å². The van der Waals surface area contributed by atoms with Crippen LogP contribution in [0.1, 0.15) is 70.2 Å². The molecule has 4 nitrogen and oxygen atoms in total. The summed E-state index contributed by atoms with van der Waals surface area (Å²) in [6.45, 7) is 8.93. The van der Waals surface area contributed by atoms with Gasteiger partial charge < -0.3 is 9.67 Å². The number of unbranched alkanes of at least 4 members (excludes halogenated alkanes) is 1. The molecule has 1 heterocycles. The minimum Gasteiger partial charge on any atom is -0.561 e. The van der Waals surface area contributed by atoms with Crippen molar-refractivity contribution >= 4 is 5.97 Å². The number of carbonyl (C=O) groups excluding carboxylic acids is 1. The topological polar surface area (TPSA) is 62.0 Å². The first-order chi connectivity index (χ1) is 11.3. The standard InChI is InChI=1S/C16H23NO3.C4H6/c1-16(2)9-8-12(16)6-3-4-10-17-11-5-7-13(14(17)18)15(19)20;1-3-4-2/h5,7,11-12H,3-4,6,8-10H2,1-2H3,(H,19,20);1-2H3/p+1. The monoisotopic (exact) mass is 332 g/mol. The largest absolute Gasteiger partial charge is 0.561 e. The third-order valence-corrected chi connectivity index (χ3v) is 4.96. The Bertz CT molecular complexity index is 655. The van der Waals surface area contributed by atoms with E-state index >= 15 is 0 Å². The molecule has 132 valence electrons. The average molecular weight is 332 g/mol. The number of hydrogen-bond donors (Lipinski definition) is 0. The Morgan fingerprint density at radius 1 is 1.33 bits per heavy atom.